The second-order valence-electron chi connectivity index (χ2n) is 3.44. The Morgan fingerprint density at radius 2 is 2.36 bits per heavy atom. The van der Waals surface area contributed by atoms with E-state index in [1.54, 1.807) is 6.20 Å². The van der Waals surface area contributed by atoms with E-state index in [1.165, 1.54) is 12.8 Å². The molecule has 1 aromatic rings. The van der Waals surface area contributed by atoms with Crippen molar-refractivity contribution in [2.45, 2.75) is 18.8 Å². The van der Waals surface area contributed by atoms with Crippen molar-refractivity contribution in [3.63, 3.8) is 0 Å². The molecule has 74 valence electrons. The van der Waals surface area contributed by atoms with Crippen LogP contribution in [0.1, 0.15) is 30.3 Å². The monoisotopic (exact) mass is 272 g/mol. The van der Waals surface area contributed by atoms with Gasteiger partial charge in [-0.2, -0.15) is 0 Å². The van der Waals surface area contributed by atoms with Gasteiger partial charge in [0.05, 0.1) is 10.2 Å². The Balaban J connectivity index is 2.36. The molecule has 0 aromatic carbocycles. The molecule has 1 heterocycles. The molecule has 0 amide bonds. The van der Waals surface area contributed by atoms with Crippen LogP contribution >= 0.6 is 27.5 Å². The average Bonchev–Trinajstić information content (AvgIpc) is 3.01. The van der Waals surface area contributed by atoms with Crippen LogP contribution < -0.4 is 0 Å². The van der Waals surface area contributed by atoms with Gasteiger partial charge < -0.3 is 0 Å². The first-order valence-electron chi connectivity index (χ1n) is 4.49. The lowest BCUT2D eigenvalue weighted by Crippen LogP contribution is -1.98. The van der Waals surface area contributed by atoms with Crippen molar-refractivity contribution in [1.82, 2.24) is 9.97 Å². The fraction of sp³-hybridized carbons (Fsp3) is 0.400. The summed E-state index contributed by atoms with van der Waals surface area (Å²) < 4.78 is 0.868. The van der Waals surface area contributed by atoms with Gasteiger partial charge in [-0.05, 0) is 34.3 Å². The van der Waals surface area contributed by atoms with Crippen LogP contribution in [0.4, 0.5) is 0 Å². The van der Waals surface area contributed by atoms with E-state index in [0.29, 0.717) is 11.8 Å². The minimum Gasteiger partial charge on any atom is -0.240 e. The number of hydrogen-bond donors (Lipinski definition) is 0. The van der Waals surface area contributed by atoms with E-state index in [1.807, 2.05) is 0 Å². The maximum atomic E-state index is 5.73. The zero-order valence-electron chi connectivity index (χ0n) is 7.63. The zero-order chi connectivity index (χ0) is 10.1. The van der Waals surface area contributed by atoms with Crippen LogP contribution in [0.2, 0.25) is 0 Å². The number of aromatic nitrogens is 2. The lowest BCUT2D eigenvalue weighted by atomic mass is 10.2. The van der Waals surface area contributed by atoms with Gasteiger partial charge >= 0.3 is 0 Å². The van der Waals surface area contributed by atoms with E-state index in [9.17, 15) is 0 Å². The summed E-state index contributed by atoms with van der Waals surface area (Å²) in [7, 11) is 0. The van der Waals surface area contributed by atoms with Crippen molar-refractivity contribution in [3.05, 3.63) is 28.8 Å². The van der Waals surface area contributed by atoms with Crippen molar-refractivity contribution < 1.29 is 0 Å². The predicted molar refractivity (Wildman–Crippen MR) is 61.5 cm³/mol. The summed E-state index contributed by atoms with van der Waals surface area (Å²) in [5, 5.41) is 0. The first kappa shape index (κ1) is 10.1. The molecule has 1 aromatic heterocycles. The quantitative estimate of drug-likeness (QED) is 0.789. The normalized spacial score (nSPS) is 15.6. The lowest BCUT2D eigenvalue weighted by Gasteiger charge is -2.05. The summed E-state index contributed by atoms with van der Waals surface area (Å²) >= 11 is 9.12. The molecule has 4 heteroatoms. The van der Waals surface area contributed by atoms with Gasteiger partial charge in [0.1, 0.15) is 5.82 Å². The molecule has 0 unspecified atom stereocenters. The molecule has 0 saturated heterocycles. The molecule has 0 bridgehead atoms. The molecule has 0 atom stereocenters. The highest BCUT2D eigenvalue weighted by Gasteiger charge is 2.27. The number of allylic oxidation sites excluding steroid dienone is 1. The average molecular weight is 274 g/mol. The first-order valence-corrected chi connectivity index (χ1v) is 5.81. The maximum Gasteiger partial charge on any atom is 0.132 e. The SMILES string of the molecule is C=C(CCl)c1nc(C2CC2)ncc1Br. The minimum atomic E-state index is 0.402. The van der Waals surface area contributed by atoms with Gasteiger partial charge in [-0.1, -0.05) is 6.58 Å². The van der Waals surface area contributed by atoms with Gasteiger partial charge in [0.2, 0.25) is 0 Å². The number of halogens is 2. The Bertz CT molecular complexity index is 374. The molecule has 2 nitrogen and oxygen atoms in total. The molecule has 0 N–H and O–H groups in total. The molecular weight excluding hydrogens is 263 g/mol. The highest BCUT2D eigenvalue weighted by Crippen LogP contribution is 2.38. The van der Waals surface area contributed by atoms with Crippen LogP contribution in [-0.2, 0) is 0 Å². The van der Waals surface area contributed by atoms with Gasteiger partial charge in [-0.3, -0.25) is 0 Å². The van der Waals surface area contributed by atoms with Crippen LogP contribution in [0.5, 0.6) is 0 Å². The molecule has 1 aliphatic carbocycles. The van der Waals surface area contributed by atoms with Crippen molar-refractivity contribution >= 4 is 33.1 Å². The summed E-state index contributed by atoms with van der Waals surface area (Å²) in [6, 6.07) is 0. The van der Waals surface area contributed by atoms with Gasteiger partial charge in [0.15, 0.2) is 0 Å². The highest BCUT2D eigenvalue weighted by molar-refractivity contribution is 9.10. The smallest absolute Gasteiger partial charge is 0.132 e. The van der Waals surface area contributed by atoms with Crippen molar-refractivity contribution in [1.29, 1.82) is 0 Å². The van der Waals surface area contributed by atoms with Crippen molar-refractivity contribution in [2.75, 3.05) is 5.88 Å². The number of nitrogens with zero attached hydrogens (tertiary/aromatic N) is 2. The number of rotatable bonds is 3. The molecule has 1 fully saturated rings. The van der Waals surface area contributed by atoms with Crippen molar-refractivity contribution in [2.24, 2.45) is 0 Å². The van der Waals surface area contributed by atoms with Crippen LogP contribution in [0, 0.1) is 0 Å². The predicted octanol–water partition coefficient (Wildman–Crippen LogP) is 3.37. The summed E-state index contributed by atoms with van der Waals surface area (Å²) in [5.41, 5.74) is 1.68. The number of alkyl halides is 1. The van der Waals surface area contributed by atoms with E-state index >= 15 is 0 Å². The molecule has 0 aliphatic heterocycles. The van der Waals surface area contributed by atoms with Gasteiger partial charge in [-0.15, -0.1) is 11.6 Å². The Hall–Kier alpha value is -0.410. The Labute approximate surface area is 96.5 Å². The van der Waals surface area contributed by atoms with E-state index < -0.39 is 0 Å². The Morgan fingerprint density at radius 3 is 2.93 bits per heavy atom. The van der Waals surface area contributed by atoms with Crippen LogP contribution in [0.15, 0.2) is 17.2 Å². The fourth-order valence-corrected chi connectivity index (χ4v) is 1.83. The largest absolute Gasteiger partial charge is 0.240 e. The summed E-state index contributed by atoms with van der Waals surface area (Å²) in [5.74, 6) is 1.89. The van der Waals surface area contributed by atoms with E-state index in [2.05, 4.69) is 32.5 Å². The molecule has 0 radical (unpaired) electrons. The Kier molecular flexibility index (Phi) is 2.88. The van der Waals surface area contributed by atoms with Crippen LogP contribution in [0.3, 0.4) is 0 Å². The van der Waals surface area contributed by atoms with Crippen LogP contribution in [-0.4, -0.2) is 15.8 Å². The minimum absolute atomic E-state index is 0.402. The first-order chi connectivity index (χ1) is 6.72. The standard InChI is InChI=1S/C10H10BrClN2/c1-6(4-12)9-8(11)5-13-10(14-9)7-2-3-7/h5,7H,1-4H2. The third-order valence-electron chi connectivity index (χ3n) is 2.20. The zero-order valence-corrected chi connectivity index (χ0v) is 9.98. The molecule has 14 heavy (non-hydrogen) atoms. The molecular formula is C10H10BrClN2. The van der Waals surface area contributed by atoms with Gasteiger partial charge in [0, 0.05) is 18.0 Å². The molecule has 1 aliphatic rings. The molecule has 0 spiro atoms. The van der Waals surface area contributed by atoms with E-state index in [-0.39, 0.29) is 0 Å². The molecule has 1 saturated carbocycles. The fourth-order valence-electron chi connectivity index (χ4n) is 1.23. The van der Waals surface area contributed by atoms with Crippen LogP contribution in [0.25, 0.3) is 5.57 Å². The second kappa shape index (κ2) is 3.99. The summed E-state index contributed by atoms with van der Waals surface area (Å²) in [6.07, 6.45) is 4.19. The topological polar surface area (TPSA) is 25.8 Å². The van der Waals surface area contributed by atoms with Gasteiger partial charge in [-0.25, -0.2) is 9.97 Å². The second-order valence-corrected chi connectivity index (χ2v) is 4.56. The van der Waals surface area contributed by atoms with E-state index in [0.717, 1.165) is 21.6 Å². The van der Waals surface area contributed by atoms with Crippen molar-refractivity contribution in [3.8, 4) is 0 Å². The van der Waals surface area contributed by atoms with Gasteiger partial charge in [0.25, 0.3) is 0 Å². The summed E-state index contributed by atoms with van der Waals surface area (Å²) in [6.45, 7) is 3.87. The highest BCUT2D eigenvalue weighted by atomic mass is 79.9. The summed E-state index contributed by atoms with van der Waals surface area (Å²) in [4.78, 5) is 8.74. The van der Waals surface area contributed by atoms with E-state index in [4.69, 9.17) is 11.6 Å². The third kappa shape index (κ3) is 1.98. The number of hydrogen-bond acceptors (Lipinski definition) is 2. The maximum absolute atomic E-state index is 5.73. The Morgan fingerprint density at radius 1 is 1.64 bits per heavy atom. The lowest BCUT2D eigenvalue weighted by molar-refractivity contribution is 0.912. The molecule has 2 rings (SSSR count). The third-order valence-corrected chi connectivity index (χ3v) is 3.10.